The summed E-state index contributed by atoms with van der Waals surface area (Å²) >= 11 is 10.6. The quantitative estimate of drug-likeness (QED) is 0.316. The van der Waals surface area contributed by atoms with E-state index in [1.165, 1.54) is 35.2 Å². The number of thiocarbonyl (C=S) groups is 1. The predicted octanol–water partition coefficient (Wildman–Crippen LogP) is 6.44. The van der Waals surface area contributed by atoms with Crippen LogP contribution in [-0.2, 0) is 20.9 Å². The van der Waals surface area contributed by atoms with E-state index in [0.29, 0.717) is 19.4 Å². The summed E-state index contributed by atoms with van der Waals surface area (Å²) in [5, 5.41) is 1.78. The molecule has 1 amide bonds. The summed E-state index contributed by atoms with van der Waals surface area (Å²) in [6, 6.07) is 6.51. The SMILES string of the molecule is CC(C)(C)OC(=O)N1CCCC1CNS(=O)(=O)c1ccc(-c2c(Cl)cc(N=C=S)cc2C(F)(F)F)cc1. The number of likely N-dealkylation sites (tertiary alicyclic amines) is 1. The standard InChI is InChI=1S/C24H25ClF3N3O4S2/c1-23(2,3)35-22(32)31-10-4-5-17(31)13-30-37(33,34)18-8-6-15(7-9-18)21-19(24(26,27)28)11-16(29-14-36)12-20(21)25/h6-9,11-12,17,30H,4-5,10,13H2,1-3H3. The number of rotatable bonds is 6. The average Bonchev–Trinajstić information content (AvgIpc) is 3.25. The Balaban J connectivity index is 1.81. The van der Waals surface area contributed by atoms with Gasteiger partial charge in [-0.15, -0.1) is 0 Å². The van der Waals surface area contributed by atoms with Gasteiger partial charge in [0, 0.05) is 24.7 Å². The summed E-state index contributed by atoms with van der Waals surface area (Å²) in [6.07, 6.45) is -3.96. The number of isothiocyanates is 1. The van der Waals surface area contributed by atoms with Crippen molar-refractivity contribution in [2.24, 2.45) is 4.99 Å². The number of hydrogen-bond donors (Lipinski definition) is 1. The number of aliphatic imine (C=N–C) groups is 1. The highest BCUT2D eigenvalue weighted by Gasteiger charge is 2.36. The highest BCUT2D eigenvalue weighted by atomic mass is 35.5. The Bertz CT molecular complexity index is 1320. The molecule has 0 radical (unpaired) electrons. The molecule has 37 heavy (non-hydrogen) atoms. The second-order valence-electron chi connectivity index (χ2n) is 9.40. The van der Waals surface area contributed by atoms with Crippen molar-refractivity contribution in [1.82, 2.24) is 9.62 Å². The molecule has 1 fully saturated rings. The number of nitrogens with zero attached hydrogens (tertiary/aromatic N) is 2. The zero-order valence-electron chi connectivity index (χ0n) is 20.2. The molecule has 0 spiro atoms. The third-order valence-corrected chi connectivity index (χ3v) is 7.35. The van der Waals surface area contributed by atoms with E-state index in [-0.39, 0.29) is 39.3 Å². The van der Waals surface area contributed by atoms with Crippen LogP contribution in [0.2, 0.25) is 5.02 Å². The molecule has 200 valence electrons. The molecule has 1 unspecified atom stereocenters. The number of carbonyl (C=O) groups excluding carboxylic acids is 1. The zero-order chi connectivity index (χ0) is 27.6. The Kier molecular flexibility index (Phi) is 8.71. The maximum Gasteiger partial charge on any atom is 0.417 e. The molecule has 1 aliphatic rings. The Morgan fingerprint density at radius 3 is 2.46 bits per heavy atom. The highest BCUT2D eigenvalue weighted by molar-refractivity contribution is 7.89. The fourth-order valence-corrected chi connectivity index (χ4v) is 5.43. The van der Waals surface area contributed by atoms with Crippen LogP contribution < -0.4 is 4.72 Å². The lowest BCUT2D eigenvalue weighted by atomic mass is 9.98. The smallest absolute Gasteiger partial charge is 0.417 e. The number of benzene rings is 2. The first-order chi connectivity index (χ1) is 17.1. The second-order valence-corrected chi connectivity index (χ2v) is 11.8. The fraction of sp³-hybridized carbons (Fsp3) is 0.417. The predicted molar refractivity (Wildman–Crippen MR) is 138 cm³/mol. The van der Waals surface area contributed by atoms with Crippen molar-refractivity contribution in [3.63, 3.8) is 0 Å². The van der Waals surface area contributed by atoms with Gasteiger partial charge in [0.25, 0.3) is 0 Å². The van der Waals surface area contributed by atoms with E-state index < -0.39 is 33.5 Å². The van der Waals surface area contributed by atoms with E-state index in [4.69, 9.17) is 16.3 Å². The highest BCUT2D eigenvalue weighted by Crippen LogP contribution is 2.43. The molecular formula is C24H25ClF3N3O4S2. The Hall–Kier alpha value is -2.50. The van der Waals surface area contributed by atoms with Crippen molar-refractivity contribution >= 4 is 50.8 Å². The average molecular weight is 576 g/mol. The molecule has 0 saturated carbocycles. The van der Waals surface area contributed by atoms with Gasteiger partial charge in [-0.1, -0.05) is 23.7 Å². The molecule has 7 nitrogen and oxygen atoms in total. The summed E-state index contributed by atoms with van der Waals surface area (Å²) in [4.78, 5) is 17.4. The molecule has 1 saturated heterocycles. The van der Waals surface area contributed by atoms with Gasteiger partial charge in [0.1, 0.15) is 5.60 Å². The molecule has 2 aromatic carbocycles. The Labute approximate surface area is 223 Å². The number of halogens is 4. The molecule has 13 heteroatoms. The van der Waals surface area contributed by atoms with Crippen molar-refractivity contribution in [2.45, 2.75) is 56.3 Å². The third-order valence-electron chi connectivity index (χ3n) is 5.52. The summed E-state index contributed by atoms with van der Waals surface area (Å²) in [7, 11) is -4.01. The number of hydrogen-bond acceptors (Lipinski definition) is 6. The van der Waals surface area contributed by atoms with Crippen LogP contribution in [0, 0.1) is 0 Å². The van der Waals surface area contributed by atoms with E-state index in [2.05, 4.69) is 21.9 Å². The van der Waals surface area contributed by atoms with Crippen LogP contribution in [0.5, 0.6) is 0 Å². The monoisotopic (exact) mass is 575 g/mol. The minimum Gasteiger partial charge on any atom is -0.444 e. The van der Waals surface area contributed by atoms with Gasteiger partial charge in [-0.25, -0.2) is 17.9 Å². The molecular weight excluding hydrogens is 551 g/mol. The summed E-state index contributed by atoms with van der Waals surface area (Å²) in [5.41, 5.74) is -2.07. The van der Waals surface area contributed by atoms with Crippen LogP contribution in [0.25, 0.3) is 11.1 Å². The first-order valence-electron chi connectivity index (χ1n) is 11.2. The molecule has 1 N–H and O–H groups in total. The van der Waals surface area contributed by atoms with Gasteiger partial charge < -0.3 is 9.64 Å². The van der Waals surface area contributed by atoms with Crippen molar-refractivity contribution in [2.75, 3.05) is 13.1 Å². The second kappa shape index (κ2) is 11.1. The van der Waals surface area contributed by atoms with Gasteiger partial charge >= 0.3 is 12.3 Å². The first-order valence-corrected chi connectivity index (χ1v) is 13.5. The number of amides is 1. The largest absolute Gasteiger partial charge is 0.444 e. The Morgan fingerprint density at radius 2 is 1.89 bits per heavy atom. The van der Waals surface area contributed by atoms with Crippen LogP contribution in [0.15, 0.2) is 46.3 Å². The summed E-state index contributed by atoms with van der Waals surface area (Å²) < 4.78 is 74.8. The van der Waals surface area contributed by atoms with Gasteiger partial charge in [0.15, 0.2) is 0 Å². The molecule has 1 aliphatic heterocycles. The molecule has 0 aromatic heterocycles. The number of alkyl halides is 3. The third kappa shape index (κ3) is 7.30. The lowest BCUT2D eigenvalue weighted by Crippen LogP contribution is -2.45. The molecule has 1 heterocycles. The van der Waals surface area contributed by atoms with Crippen LogP contribution in [0.3, 0.4) is 0 Å². The van der Waals surface area contributed by atoms with Gasteiger partial charge in [-0.05, 0) is 75.7 Å². The minimum absolute atomic E-state index is 0.0325. The van der Waals surface area contributed by atoms with Crippen LogP contribution in [0.1, 0.15) is 39.2 Å². The number of ether oxygens (including phenoxy) is 1. The normalized spacial score (nSPS) is 16.4. The van der Waals surface area contributed by atoms with Gasteiger partial charge in [0.05, 0.1) is 26.3 Å². The summed E-state index contributed by atoms with van der Waals surface area (Å²) in [5.74, 6) is 0. The van der Waals surface area contributed by atoms with E-state index >= 15 is 0 Å². The fourth-order valence-electron chi connectivity index (χ4n) is 3.93. The lowest BCUT2D eigenvalue weighted by Gasteiger charge is -2.28. The van der Waals surface area contributed by atoms with E-state index in [9.17, 15) is 26.4 Å². The molecule has 3 rings (SSSR count). The van der Waals surface area contributed by atoms with E-state index in [0.717, 1.165) is 6.07 Å². The molecule has 2 aromatic rings. The lowest BCUT2D eigenvalue weighted by molar-refractivity contribution is -0.137. The molecule has 0 aliphatic carbocycles. The van der Waals surface area contributed by atoms with E-state index in [1.807, 2.05) is 5.16 Å². The molecule has 0 bridgehead atoms. The number of nitrogens with one attached hydrogen (secondary N) is 1. The number of sulfonamides is 1. The van der Waals surface area contributed by atoms with E-state index in [1.54, 1.807) is 20.8 Å². The number of carbonyl (C=O) groups is 1. The van der Waals surface area contributed by atoms with Gasteiger partial charge in [-0.2, -0.15) is 18.2 Å². The summed E-state index contributed by atoms with van der Waals surface area (Å²) in [6.45, 7) is 5.65. The van der Waals surface area contributed by atoms with Crippen molar-refractivity contribution in [3.8, 4) is 11.1 Å². The van der Waals surface area contributed by atoms with Crippen molar-refractivity contribution < 1.29 is 31.1 Å². The zero-order valence-corrected chi connectivity index (χ0v) is 22.6. The van der Waals surface area contributed by atoms with Gasteiger partial charge in [-0.3, -0.25) is 0 Å². The Morgan fingerprint density at radius 1 is 1.24 bits per heavy atom. The van der Waals surface area contributed by atoms with Gasteiger partial charge in [0.2, 0.25) is 10.0 Å². The maximum atomic E-state index is 13.7. The molecule has 1 atom stereocenters. The first kappa shape index (κ1) is 29.1. The van der Waals surface area contributed by atoms with Crippen molar-refractivity contribution in [3.05, 3.63) is 47.0 Å². The topological polar surface area (TPSA) is 88.1 Å². The van der Waals surface area contributed by atoms with Crippen LogP contribution in [0.4, 0.5) is 23.7 Å². The van der Waals surface area contributed by atoms with Crippen LogP contribution >= 0.6 is 23.8 Å². The van der Waals surface area contributed by atoms with Crippen LogP contribution in [-0.4, -0.2) is 49.3 Å². The minimum atomic E-state index is -4.75. The van der Waals surface area contributed by atoms with Crippen molar-refractivity contribution in [1.29, 1.82) is 0 Å². The maximum absolute atomic E-state index is 13.7.